The topological polar surface area (TPSA) is 58.8 Å². The van der Waals surface area contributed by atoms with Crippen LogP contribution in [0, 0.1) is 5.92 Å². The highest BCUT2D eigenvalue weighted by molar-refractivity contribution is 5.67. The lowest BCUT2D eigenvalue weighted by Crippen LogP contribution is -2.51. The van der Waals surface area contributed by atoms with Crippen LogP contribution in [0.15, 0.2) is 60.7 Å². The van der Waals surface area contributed by atoms with E-state index in [1.54, 1.807) is 0 Å². The molecule has 0 radical (unpaired) electrons. The second-order valence-corrected chi connectivity index (χ2v) is 8.19. The van der Waals surface area contributed by atoms with Gasteiger partial charge in [0.05, 0.1) is 12.6 Å². The third kappa shape index (κ3) is 4.80. The second kappa shape index (κ2) is 9.42. The van der Waals surface area contributed by atoms with Crippen LogP contribution in [0.25, 0.3) is 0 Å². The summed E-state index contributed by atoms with van der Waals surface area (Å²) in [6, 6.07) is 20.7. The number of nitrogens with two attached hydrogens (primary N) is 1. The third-order valence-electron chi connectivity index (χ3n) is 6.30. The summed E-state index contributed by atoms with van der Waals surface area (Å²) in [4.78, 5) is 16.6. The van der Waals surface area contributed by atoms with E-state index in [2.05, 4.69) is 41.3 Å². The van der Waals surface area contributed by atoms with Crippen LogP contribution in [-0.4, -0.2) is 48.7 Å². The van der Waals surface area contributed by atoms with Crippen LogP contribution in [0.1, 0.15) is 42.5 Å². The van der Waals surface area contributed by atoms with Crippen molar-refractivity contribution in [1.29, 1.82) is 0 Å². The summed E-state index contributed by atoms with van der Waals surface area (Å²) >= 11 is 0. The zero-order valence-corrected chi connectivity index (χ0v) is 17.0. The van der Waals surface area contributed by atoms with Gasteiger partial charge in [-0.3, -0.25) is 4.90 Å². The average Bonchev–Trinajstić information content (AvgIpc) is 2.74. The smallest absolute Gasteiger partial charge is 0.409 e. The quantitative estimate of drug-likeness (QED) is 0.806. The van der Waals surface area contributed by atoms with Crippen LogP contribution in [0.3, 0.4) is 0 Å². The molecule has 2 atom stereocenters. The van der Waals surface area contributed by atoms with E-state index in [0.29, 0.717) is 25.6 Å². The predicted molar refractivity (Wildman–Crippen MR) is 114 cm³/mol. The highest BCUT2D eigenvalue weighted by atomic mass is 16.6. The number of amides is 1. The lowest BCUT2D eigenvalue weighted by atomic mass is 9.86. The molecule has 0 aromatic heterocycles. The van der Waals surface area contributed by atoms with E-state index in [0.717, 1.165) is 18.7 Å². The van der Waals surface area contributed by atoms with Crippen molar-refractivity contribution in [2.75, 3.05) is 32.8 Å². The van der Waals surface area contributed by atoms with E-state index in [4.69, 9.17) is 10.5 Å². The van der Waals surface area contributed by atoms with Gasteiger partial charge in [-0.05, 0) is 29.9 Å². The lowest BCUT2D eigenvalue weighted by molar-refractivity contribution is 0.0432. The van der Waals surface area contributed by atoms with Gasteiger partial charge in [-0.15, -0.1) is 0 Å². The minimum atomic E-state index is -0.167. The minimum absolute atomic E-state index is 0.0757. The number of benzene rings is 2. The monoisotopic (exact) mass is 393 g/mol. The van der Waals surface area contributed by atoms with E-state index in [-0.39, 0.29) is 18.2 Å². The maximum atomic E-state index is 12.4. The van der Waals surface area contributed by atoms with Gasteiger partial charge < -0.3 is 15.4 Å². The number of ether oxygens (including phenoxy) is 1. The van der Waals surface area contributed by atoms with Crippen molar-refractivity contribution in [3.63, 3.8) is 0 Å². The fourth-order valence-electron chi connectivity index (χ4n) is 4.28. The molecule has 5 heteroatoms. The molecule has 1 amide bonds. The summed E-state index contributed by atoms with van der Waals surface area (Å²) in [7, 11) is 0. The largest absolute Gasteiger partial charge is 0.449 e. The molecule has 1 aliphatic heterocycles. The van der Waals surface area contributed by atoms with Gasteiger partial charge in [-0.25, -0.2) is 4.79 Å². The predicted octanol–water partition coefficient (Wildman–Crippen LogP) is 3.98. The first-order chi connectivity index (χ1) is 14.2. The molecule has 4 rings (SSSR count). The van der Waals surface area contributed by atoms with Crippen molar-refractivity contribution < 1.29 is 9.53 Å². The first-order valence-corrected chi connectivity index (χ1v) is 10.7. The van der Waals surface area contributed by atoms with Crippen LogP contribution in [0.5, 0.6) is 0 Å². The summed E-state index contributed by atoms with van der Waals surface area (Å²) < 4.78 is 5.53. The average molecular weight is 394 g/mol. The first-order valence-electron chi connectivity index (χ1n) is 10.7. The Hall–Kier alpha value is -2.37. The molecule has 154 valence electrons. The standard InChI is InChI=1S/C24H31N3O2/c25-22(20-10-3-1-4-11-20)23(21-12-5-2-6-13-21)26-14-16-27(17-15-26)24(28)29-18-19-8-7-9-19/h1-6,10-13,19,22-23H,7-9,14-18,25H2/t22-,23+/m0/s1. The Morgan fingerprint density at radius 3 is 2.07 bits per heavy atom. The number of carbonyl (C=O) groups excluding carboxylic acids is 1. The Bertz CT molecular complexity index is 771. The van der Waals surface area contributed by atoms with Gasteiger partial charge in [-0.1, -0.05) is 67.1 Å². The molecule has 2 fully saturated rings. The fourth-order valence-corrected chi connectivity index (χ4v) is 4.28. The highest BCUT2D eigenvalue weighted by Gasteiger charge is 2.32. The summed E-state index contributed by atoms with van der Waals surface area (Å²) in [6.07, 6.45) is 3.48. The number of hydrogen-bond donors (Lipinski definition) is 1. The second-order valence-electron chi connectivity index (χ2n) is 8.19. The van der Waals surface area contributed by atoms with Gasteiger partial charge in [-0.2, -0.15) is 0 Å². The van der Waals surface area contributed by atoms with Crippen molar-refractivity contribution in [3.8, 4) is 0 Å². The van der Waals surface area contributed by atoms with E-state index >= 15 is 0 Å². The van der Waals surface area contributed by atoms with E-state index < -0.39 is 0 Å². The number of hydrogen-bond acceptors (Lipinski definition) is 4. The van der Waals surface area contributed by atoms with Gasteiger partial charge in [0.2, 0.25) is 0 Å². The zero-order valence-electron chi connectivity index (χ0n) is 17.0. The van der Waals surface area contributed by atoms with Gasteiger partial charge >= 0.3 is 6.09 Å². The summed E-state index contributed by atoms with van der Waals surface area (Å²) in [5, 5.41) is 0. The maximum absolute atomic E-state index is 12.4. The van der Waals surface area contributed by atoms with Gasteiger partial charge in [0.1, 0.15) is 0 Å². The molecule has 5 nitrogen and oxygen atoms in total. The zero-order chi connectivity index (χ0) is 20.1. The lowest BCUT2D eigenvalue weighted by Gasteiger charge is -2.41. The Labute approximate surface area is 173 Å². The molecule has 2 aliphatic rings. The number of carbonyl (C=O) groups is 1. The summed E-state index contributed by atoms with van der Waals surface area (Å²) in [5.41, 5.74) is 9.09. The van der Waals surface area contributed by atoms with Crippen LogP contribution >= 0.6 is 0 Å². The normalized spacial score (nSPS) is 20.0. The van der Waals surface area contributed by atoms with Crippen molar-refractivity contribution in [2.24, 2.45) is 11.7 Å². The van der Waals surface area contributed by atoms with E-state index in [1.165, 1.54) is 24.8 Å². The van der Waals surface area contributed by atoms with E-state index in [1.807, 2.05) is 29.2 Å². The molecular weight excluding hydrogens is 362 g/mol. The van der Waals surface area contributed by atoms with Crippen LogP contribution in [0.4, 0.5) is 4.79 Å². The molecule has 2 aromatic rings. The van der Waals surface area contributed by atoms with Gasteiger partial charge in [0, 0.05) is 32.2 Å². The molecule has 1 aliphatic carbocycles. The van der Waals surface area contributed by atoms with Crippen molar-refractivity contribution >= 4 is 6.09 Å². The Balaban J connectivity index is 1.41. The first kappa shape index (κ1) is 19.9. The van der Waals surface area contributed by atoms with E-state index in [9.17, 15) is 4.79 Å². The van der Waals surface area contributed by atoms with Gasteiger partial charge in [0.15, 0.2) is 0 Å². The highest BCUT2D eigenvalue weighted by Crippen LogP contribution is 2.33. The Morgan fingerprint density at radius 1 is 0.931 bits per heavy atom. The molecule has 0 unspecified atom stereocenters. The van der Waals surface area contributed by atoms with Crippen molar-refractivity contribution in [3.05, 3.63) is 71.8 Å². The third-order valence-corrected chi connectivity index (χ3v) is 6.30. The molecule has 1 saturated heterocycles. The van der Waals surface area contributed by atoms with Crippen LogP contribution in [0.2, 0.25) is 0 Å². The van der Waals surface area contributed by atoms with Crippen LogP contribution < -0.4 is 5.73 Å². The number of piperazine rings is 1. The molecule has 2 N–H and O–H groups in total. The SMILES string of the molecule is N[C@@H](c1ccccc1)[C@@H](c1ccccc1)N1CCN(C(=O)OCC2CCC2)CC1. The molecule has 0 bridgehead atoms. The fraction of sp³-hybridized carbons (Fsp3) is 0.458. The van der Waals surface area contributed by atoms with Crippen LogP contribution in [-0.2, 0) is 4.74 Å². The number of nitrogens with zero attached hydrogens (tertiary/aromatic N) is 2. The van der Waals surface area contributed by atoms with Gasteiger partial charge in [0.25, 0.3) is 0 Å². The summed E-state index contributed by atoms with van der Waals surface area (Å²) in [5.74, 6) is 0.576. The molecule has 2 aromatic carbocycles. The van der Waals surface area contributed by atoms with Crippen molar-refractivity contribution in [1.82, 2.24) is 9.80 Å². The maximum Gasteiger partial charge on any atom is 0.409 e. The number of rotatable bonds is 6. The minimum Gasteiger partial charge on any atom is -0.449 e. The molecule has 1 heterocycles. The molecule has 0 spiro atoms. The summed E-state index contributed by atoms with van der Waals surface area (Å²) in [6.45, 7) is 3.50. The molecular formula is C24H31N3O2. The van der Waals surface area contributed by atoms with Crippen molar-refractivity contribution in [2.45, 2.75) is 31.3 Å². The Kier molecular flexibility index (Phi) is 6.47. The molecule has 29 heavy (non-hydrogen) atoms. The molecule has 1 saturated carbocycles. The Morgan fingerprint density at radius 2 is 1.52 bits per heavy atom.